The number of aliphatic carboxylic acids is 1. The number of phenols is 1. The minimum atomic E-state index is -0.962. The van der Waals surface area contributed by atoms with Crippen LogP contribution in [0.15, 0.2) is 23.8 Å². The van der Waals surface area contributed by atoms with Gasteiger partial charge >= 0.3 is 5.97 Å². The second-order valence-corrected chi connectivity index (χ2v) is 4.06. The number of carbonyl (C=O) groups is 1. The second-order valence-electron chi connectivity index (χ2n) is 4.06. The largest absolute Gasteiger partial charge is 0.504 e. The Bertz CT molecular complexity index is 449. The van der Waals surface area contributed by atoms with Gasteiger partial charge in [-0.1, -0.05) is 19.4 Å². The standard InChI is InChI=1S/C14H18O4/c1-3-4-7-18-13-9-11(5-6-12(13)15)8-10(2)14(16)17/h5-6,8-9,15H,3-4,7H2,1-2H3,(H,16,17)/b10-8-. The molecule has 0 aliphatic rings. The third kappa shape index (κ3) is 4.13. The van der Waals surface area contributed by atoms with Gasteiger partial charge in [0.2, 0.25) is 0 Å². The summed E-state index contributed by atoms with van der Waals surface area (Å²) in [7, 11) is 0. The van der Waals surface area contributed by atoms with Crippen molar-refractivity contribution >= 4 is 12.0 Å². The van der Waals surface area contributed by atoms with Gasteiger partial charge in [0.15, 0.2) is 11.5 Å². The molecule has 0 saturated heterocycles. The van der Waals surface area contributed by atoms with E-state index < -0.39 is 5.97 Å². The topological polar surface area (TPSA) is 66.8 Å². The van der Waals surface area contributed by atoms with E-state index in [1.165, 1.54) is 19.1 Å². The van der Waals surface area contributed by atoms with Crippen molar-refractivity contribution in [2.45, 2.75) is 26.7 Å². The minimum Gasteiger partial charge on any atom is -0.504 e. The van der Waals surface area contributed by atoms with E-state index in [0.717, 1.165) is 12.8 Å². The average molecular weight is 250 g/mol. The molecule has 0 atom stereocenters. The molecule has 0 radical (unpaired) electrons. The van der Waals surface area contributed by atoms with E-state index in [1.54, 1.807) is 12.1 Å². The molecule has 98 valence electrons. The van der Waals surface area contributed by atoms with Crippen LogP contribution in [0.25, 0.3) is 6.08 Å². The lowest BCUT2D eigenvalue weighted by Gasteiger charge is -2.08. The van der Waals surface area contributed by atoms with Crippen LogP contribution in [0.3, 0.4) is 0 Å². The van der Waals surface area contributed by atoms with Crippen LogP contribution in [0, 0.1) is 0 Å². The molecule has 1 rings (SSSR count). The maximum Gasteiger partial charge on any atom is 0.331 e. The Morgan fingerprint density at radius 2 is 2.17 bits per heavy atom. The van der Waals surface area contributed by atoms with Crippen molar-refractivity contribution in [1.29, 1.82) is 0 Å². The monoisotopic (exact) mass is 250 g/mol. The molecule has 0 heterocycles. The maximum absolute atomic E-state index is 10.7. The number of carboxylic acids is 1. The van der Waals surface area contributed by atoms with Gasteiger partial charge in [-0.15, -0.1) is 0 Å². The molecule has 4 heteroatoms. The zero-order chi connectivity index (χ0) is 13.5. The first-order valence-electron chi connectivity index (χ1n) is 5.92. The number of benzene rings is 1. The molecule has 0 saturated carbocycles. The minimum absolute atomic E-state index is 0.0660. The molecule has 0 aliphatic carbocycles. The molecular formula is C14H18O4. The van der Waals surface area contributed by atoms with Crippen LogP contribution in [0.4, 0.5) is 0 Å². The number of rotatable bonds is 6. The summed E-state index contributed by atoms with van der Waals surface area (Å²) < 4.78 is 5.43. The van der Waals surface area contributed by atoms with Crippen LogP contribution in [0.1, 0.15) is 32.3 Å². The molecule has 0 unspecified atom stereocenters. The molecule has 18 heavy (non-hydrogen) atoms. The van der Waals surface area contributed by atoms with Crippen molar-refractivity contribution in [2.75, 3.05) is 6.61 Å². The van der Waals surface area contributed by atoms with E-state index >= 15 is 0 Å². The molecule has 1 aromatic rings. The zero-order valence-corrected chi connectivity index (χ0v) is 10.6. The highest BCUT2D eigenvalue weighted by atomic mass is 16.5. The Hall–Kier alpha value is -1.97. The summed E-state index contributed by atoms with van der Waals surface area (Å²) in [6.45, 7) is 4.11. The molecule has 1 aromatic carbocycles. The summed E-state index contributed by atoms with van der Waals surface area (Å²) in [6, 6.07) is 4.79. The lowest BCUT2D eigenvalue weighted by Crippen LogP contribution is -1.98. The Kier molecular flexibility index (Phi) is 5.24. The van der Waals surface area contributed by atoms with Crippen molar-refractivity contribution < 1.29 is 19.7 Å². The lowest BCUT2D eigenvalue weighted by molar-refractivity contribution is -0.132. The number of aromatic hydroxyl groups is 1. The molecule has 0 amide bonds. The Morgan fingerprint density at radius 3 is 2.78 bits per heavy atom. The summed E-state index contributed by atoms with van der Waals surface area (Å²) in [5.74, 6) is -0.511. The Balaban J connectivity index is 2.86. The van der Waals surface area contributed by atoms with Crippen molar-refractivity contribution in [1.82, 2.24) is 0 Å². The second kappa shape index (κ2) is 6.69. The summed E-state index contributed by atoms with van der Waals surface area (Å²) in [5, 5.41) is 18.4. The van der Waals surface area contributed by atoms with Gasteiger partial charge in [0, 0.05) is 5.57 Å². The normalized spacial score (nSPS) is 11.3. The zero-order valence-electron chi connectivity index (χ0n) is 10.6. The first-order chi connectivity index (χ1) is 8.54. The van der Waals surface area contributed by atoms with Crippen LogP contribution >= 0.6 is 0 Å². The predicted octanol–water partition coefficient (Wildman–Crippen LogP) is 3.06. The molecule has 0 spiro atoms. The number of ether oxygens (including phenoxy) is 1. The third-order valence-corrected chi connectivity index (χ3v) is 2.46. The van der Waals surface area contributed by atoms with Gasteiger partial charge in [-0.25, -0.2) is 4.79 Å². The highest BCUT2D eigenvalue weighted by Gasteiger charge is 2.05. The molecule has 4 nitrogen and oxygen atoms in total. The van der Waals surface area contributed by atoms with E-state index in [2.05, 4.69) is 6.92 Å². The fourth-order valence-corrected chi connectivity index (χ4v) is 1.37. The van der Waals surface area contributed by atoms with Crippen molar-refractivity contribution in [2.24, 2.45) is 0 Å². The Morgan fingerprint density at radius 1 is 1.44 bits per heavy atom. The fourth-order valence-electron chi connectivity index (χ4n) is 1.37. The molecule has 0 aromatic heterocycles. The Labute approximate surface area is 107 Å². The molecule has 0 fully saturated rings. The van der Waals surface area contributed by atoms with Crippen molar-refractivity contribution in [3.05, 3.63) is 29.3 Å². The lowest BCUT2D eigenvalue weighted by atomic mass is 10.1. The number of carboxylic acid groups (broad SMARTS) is 1. The van der Waals surface area contributed by atoms with Gasteiger partial charge in [0.05, 0.1) is 6.61 Å². The highest BCUT2D eigenvalue weighted by Crippen LogP contribution is 2.28. The van der Waals surface area contributed by atoms with E-state index in [0.29, 0.717) is 17.9 Å². The van der Waals surface area contributed by atoms with E-state index in [4.69, 9.17) is 9.84 Å². The number of hydrogen-bond acceptors (Lipinski definition) is 3. The number of phenolic OH excluding ortho intramolecular Hbond substituents is 1. The van der Waals surface area contributed by atoms with Gasteiger partial charge in [-0.2, -0.15) is 0 Å². The van der Waals surface area contributed by atoms with Gasteiger partial charge in [-0.05, 0) is 37.1 Å². The fraction of sp³-hybridized carbons (Fsp3) is 0.357. The average Bonchev–Trinajstić information content (AvgIpc) is 2.33. The summed E-state index contributed by atoms with van der Waals surface area (Å²) in [6.07, 6.45) is 3.46. The summed E-state index contributed by atoms with van der Waals surface area (Å²) >= 11 is 0. The van der Waals surface area contributed by atoms with Crippen LogP contribution in [0.5, 0.6) is 11.5 Å². The summed E-state index contributed by atoms with van der Waals surface area (Å²) in [4.78, 5) is 10.7. The molecule has 2 N–H and O–H groups in total. The predicted molar refractivity (Wildman–Crippen MR) is 69.8 cm³/mol. The van der Waals surface area contributed by atoms with Gasteiger partial charge in [0.1, 0.15) is 0 Å². The van der Waals surface area contributed by atoms with Gasteiger partial charge in [-0.3, -0.25) is 0 Å². The number of unbranched alkanes of at least 4 members (excludes halogenated alkanes) is 1. The summed E-state index contributed by atoms with van der Waals surface area (Å²) in [5.41, 5.74) is 0.930. The molecular weight excluding hydrogens is 232 g/mol. The quantitative estimate of drug-likeness (QED) is 0.601. The van der Waals surface area contributed by atoms with Crippen LogP contribution in [-0.2, 0) is 4.79 Å². The van der Waals surface area contributed by atoms with Crippen LogP contribution in [-0.4, -0.2) is 22.8 Å². The molecule has 0 bridgehead atoms. The first-order valence-corrected chi connectivity index (χ1v) is 5.92. The molecule has 0 aliphatic heterocycles. The maximum atomic E-state index is 10.7. The van der Waals surface area contributed by atoms with Crippen molar-refractivity contribution in [3.63, 3.8) is 0 Å². The number of hydrogen-bond donors (Lipinski definition) is 2. The van der Waals surface area contributed by atoms with E-state index in [1.807, 2.05) is 0 Å². The highest BCUT2D eigenvalue weighted by molar-refractivity contribution is 5.91. The van der Waals surface area contributed by atoms with Crippen molar-refractivity contribution in [3.8, 4) is 11.5 Å². The van der Waals surface area contributed by atoms with Crippen LogP contribution < -0.4 is 4.74 Å². The van der Waals surface area contributed by atoms with Gasteiger partial charge < -0.3 is 14.9 Å². The van der Waals surface area contributed by atoms with E-state index in [9.17, 15) is 9.90 Å². The smallest absolute Gasteiger partial charge is 0.331 e. The first kappa shape index (κ1) is 14.1. The van der Waals surface area contributed by atoms with E-state index in [-0.39, 0.29) is 11.3 Å². The SMILES string of the molecule is CCCCOc1cc(/C=C(/C)C(=O)O)ccc1O. The van der Waals surface area contributed by atoms with Crippen LogP contribution in [0.2, 0.25) is 0 Å². The third-order valence-electron chi connectivity index (χ3n) is 2.46. The van der Waals surface area contributed by atoms with Gasteiger partial charge in [0.25, 0.3) is 0 Å².